The molecule has 0 aliphatic carbocycles. The van der Waals surface area contributed by atoms with E-state index in [9.17, 15) is 4.79 Å². The van der Waals surface area contributed by atoms with E-state index in [-0.39, 0.29) is 13.2 Å². The molecule has 3 N–H and O–H groups in total. The van der Waals surface area contributed by atoms with Gasteiger partial charge in [-0.1, -0.05) is 0 Å². The second kappa shape index (κ2) is 5.24. The lowest BCUT2D eigenvalue weighted by Gasteiger charge is -2.15. The van der Waals surface area contributed by atoms with Gasteiger partial charge in [-0.2, -0.15) is 0 Å². The predicted molar refractivity (Wildman–Crippen MR) is 62.5 cm³/mol. The van der Waals surface area contributed by atoms with Crippen molar-refractivity contribution in [2.45, 2.75) is 19.1 Å². The topological polar surface area (TPSA) is 91.0 Å². The van der Waals surface area contributed by atoms with Gasteiger partial charge in [-0.05, 0) is 23.3 Å². The number of fused-ring (bicyclic) bond motifs is 1. The van der Waals surface area contributed by atoms with E-state index in [0.29, 0.717) is 23.7 Å². The van der Waals surface area contributed by atoms with Crippen molar-refractivity contribution in [3.05, 3.63) is 23.3 Å². The van der Waals surface area contributed by atoms with Crippen molar-refractivity contribution in [2.75, 3.05) is 13.9 Å². The zero-order chi connectivity index (χ0) is 13.1. The number of benzene rings is 1. The molecular formula is C12H15NO5. The van der Waals surface area contributed by atoms with E-state index in [1.807, 2.05) is 0 Å². The van der Waals surface area contributed by atoms with Crippen molar-refractivity contribution in [3.63, 3.8) is 0 Å². The molecule has 6 nitrogen and oxygen atoms in total. The molecule has 1 aliphatic heterocycles. The van der Waals surface area contributed by atoms with Gasteiger partial charge in [-0.3, -0.25) is 4.79 Å². The second-order valence-electron chi connectivity index (χ2n) is 4.04. The molecule has 98 valence electrons. The van der Waals surface area contributed by atoms with Gasteiger partial charge in [0.2, 0.25) is 6.79 Å². The number of ether oxygens (including phenoxy) is 3. The van der Waals surface area contributed by atoms with Gasteiger partial charge in [0.1, 0.15) is 0 Å². The highest BCUT2D eigenvalue weighted by Crippen LogP contribution is 2.37. The average molecular weight is 253 g/mol. The van der Waals surface area contributed by atoms with Crippen LogP contribution in [0.2, 0.25) is 0 Å². The van der Waals surface area contributed by atoms with Crippen LogP contribution in [0.4, 0.5) is 0 Å². The lowest BCUT2D eigenvalue weighted by Crippen LogP contribution is -2.17. The molecule has 0 bridgehead atoms. The largest absolute Gasteiger partial charge is 0.481 e. The van der Waals surface area contributed by atoms with Gasteiger partial charge in [0.15, 0.2) is 11.5 Å². The van der Waals surface area contributed by atoms with Crippen LogP contribution in [0.5, 0.6) is 11.5 Å². The summed E-state index contributed by atoms with van der Waals surface area (Å²) in [6.07, 6.45) is -0.143. The smallest absolute Gasteiger partial charge is 0.305 e. The lowest BCUT2D eigenvalue weighted by atomic mass is 9.98. The molecule has 1 aromatic rings. The summed E-state index contributed by atoms with van der Waals surface area (Å²) in [4.78, 5) is 10.7. The Hall–Kier alpha value is -1.79. The van der Waals surface area contributed by atoms with E-state index in [2.05, 4.69) is 0 Å². The zero-order valence-electron chi connectivity index (χ0n) is 10.0. The van der Waals surface area contributed by atoms with E-state index in [4.69, 9.17) is 25.1 Å². The van der Waals surface area contributed by atoms with Crippen molar-refractivity contribution in [1.82, 2.24) is 0 Å². The van der Waals surface area contributed by atoms with Gasteiger partial charge in [-0.25, -0.2) is 0 Å². The van der Waals surface area contributed by atoms with Gasteiger partial charge in [0.25, 0.3) is 0 Å². The van der Waals surface area contributed by atoms with Gasteiger partial charge >= 0.3 is 5.97 Å². The predicted octanol–water partition coefficient (Wildman–Crippen LogP) is 1.04. The fourth-order valence-corrected chi connectivity index (χ4v) is 1.92. The van der Waals surface area contributed by atoms with E-state index in [1.54, 1.807) is 19.2 Å². The summed E-state index contributed by atoms with van der Waals surface area (Å²) in [5.41, 5.74) is 7.42. The molecule has 1 atom stereocenters. The summed E-state index contributed by atoms with van der Waals surface area (Å²) in [5.74, 6) is 0.280. The standard InChI is InChI=1S/C12H15NO5/c1-16-5-7-2-10-11(18-6-17-10)3-8(7)9(13)4-12(14)15/h2-3,9H,4-6,13H2,1H3,(H,14,15). The summed E-state index contributed by atoms with van der Waals surface area (Å²) < 4.78 is 15.6. The number of carboxylic acids is 1. The number of rotatable bonds is 5. The Labute approximate surface area is 104 Å². The molecule has 0 saturated heterocycles. The van der Waals surface area contributed by atoms with Crippen molar-refractivity contribution < 1.29 is 24.1 Å². The minimum Gasteiger partial charge on any atom is -0.481 e. The van der Waals surface area contributed by atoms with Crippen LogP contribution in [-0.4, -0.2) is 25.0 Å². The first-order chi connectivity index (χ1) is 8.61. The number of nitrogens with two attached hydrogens (primary N) is 1. The molecular weight excluding hydrogens is 238 g/mol. The summed E-state index contributed by atoms with van der Waals surface area (Å²) in [6.45, 7) is 0.513. The molecule has 2 rings (SSSR count). The number of carbonyl (C=O) groups is 1. The van der Waals surface area contributed by atoms with Crippen molar-refractivity contribution >= 4 is 5.97 Å². The molecule has 0 spiro atoms. The van der Waals surface area contributed by atoms with Crippen LogP contribution >= 0.6 is 0 Å². The molecule has 1 aromatic carbocycles. The molecule has 18 heavy (non-hydrogen) atoms. The summed E-state index contributed by atoms with van der Waals surface area (Å²) in [5, 5.41) is 8.79. The lowest BCUT2D eigenvalue weighted by molar-refractivity contribution is -0.137. The molecule has 0 amide bonds. The van der Waals surface area contributed by atoms with Crippen LogP contribution in [0.1, 0.15) is 23.6 Å². The summed E-state index contributed by atoms with van der Waals surface area (Å²) in [7, 11) is 1.57. The van der Waals surface area contributed by atoms with Gasteiger partial charge < -0.3 is 25.1 Å². The molecule has 6 heteroatoms. The Morgan fingerprint density at radius 3 is 2.78 bits per heavy atom. The maximum Gasteiger partial charge on any atom is 0.305 e. The molecule has 1 heterocycles. The van der Waals surface area contributed by atoms with Crippen LogP contribution in [0.3, 0.4) is 0 Å². The van der Waals surface area contributed by atoms with E-state index in [1.165, 1.54) is 0 Å². The minimum absolute atomic E-state index is 0.143. The highest BCUT2D eigenvalue weighted by Gasteiger charge is 2.21. The van der Waals surface area contributed by atoms with Crippen LogP contribution in [0.25, 0.3) is 0 Å². The first-order valence-electron chi connectivity index (χ1n) is 5.50. The Morgan fingerprint density at radius 1 is 1.50 bits per heavy atom. The highest BCUT2D eigenvalue weighted by molar-refractivity contribution is 5.68. The first-order valence-corrected chi connectivity index (χ1v) is 5.50. The highest BCUT2D eigenvalue weighted by atomic mass is 16.7. The maximum absolute atomic E-state index is 10.7. The molecule has 1 aliphatic rings. The number of carboxylic acid groups (broad SMARTS) is 1. The monoisotopic (exact) mass is 253 g/mol. The number of aliphatic carboxylic acids is 1. The Balaban J connectivity index is 2.34. The third kappa shape index (κ3) is 2.55. The quantitative estimate of drug-likeness (QED) is 0.814. The van der Waals surface area contributed by atoms with E-state index >= 15 is 0 Å². The summed E-state index contributed by atoms with van der Waals surface area (Å²) in [6, 6.07) is 2.91. The first kappa shape index (κ1) is 12.7. The SMILES string of the molecule is COCc1cc2c(cc1C(N)CC(=O)O)OCO2. The Morgan fingerprint density at radius 2 is 2.17 bits per heavy atom. The fraction of sp³-hybridized carbons (Fsp3) is 0.417. The molecule has 1 unspecified atom stereocenters. The van der Waals surface area contributed by atoms with Gasteiger partial charge in [-0.15, -0.1) is 0 Å². The molecule has 0 aromatic heterocycles. The van der Waals surface area contributed by atoms with Crippen LogP contribution in [0, 0.1) is 0 Å². The van der Waals surface area contributed by atoms with Crippen molar-refractivity contribution in [1.29, 1.82) is 0 Å². The normalized spacial score (nSPS) is 14.6. The Bertz CT molecular complexity index is 460. The van der Waals surface area contributed by atoms with E-state index in [0.717, 1.165) is 5.56 Å². The van der Waals surface area contributed by atoms with Crippen LogP contribution in [-0.2, 0) is 16.1 Å². The van der Waals surface area contributed by atoms with Crippen molar-refractivity contribution in [2.24, 2.45) is 5.73 Å². The summed E-state index contributed by atoms with van der Waals surface area (Å²) >= 11 is 0. The van der Waals surface area contributed by atoms with Crippen molar-refractivity contribution in [3.8, 4) is 11.5 Å². The zero-order valence-corrected chi connectivity index (χ0v) is 10.0. The second-order valence-corrected chi connectivity index (χ2v) is 4.04. The number of methoxy groups -OCH3 is 1. The van der Waals surface area contributed by atoms with Gasteiger partial charge in [0, 0.05) is 13.2 Å². The maximum atomic E-state index is 10.7. The number of hydrogen-bond acceptors (Lipinski definition) is 5. The molecule has 0 fully saturated rings. The minimum atomic E-state index is -0.941. The average Bonchev–Trinajstić information content (AvgIpc) is 2.74. The number of hydrogen-bond donors (Lipinski definition) is 2. The Kier molecular flexibility index (Phi) is 3.69. The van der Waals surface area contributed by atoms with Crippen LogP contribution < -0.4 is 15.2 Å². The third-order valence-electron chi connectivity index (χ3n) is 2.73. The molecule has 0 radical (unpaired) electrons. The van der Waals surface area contributed by atoms with E-state index < -0.39 is 12.0 Å². The third-order valence-corrected chi connectivity index (χ3v) is 2.73. The molecule has 0 saturated carbocycles. The van der Waals surface area contributed by atoms with Gasteiger partial charge in [0.05, 0.1) is 13.0 Å². The fourth-order valence-electron chi connectivity index (χ4n) is 1.92. The van der Waals surface area contributed by atoms with Crippen LogP contribution in [0.15, 0.2) is 12.1 Å².